The normalized spacial score (nSPS) is 18.1. The summed E-state index contributed by atoms with van der Waals surface area (Å²) >= 11 is 5.96. The van der Waals surface area contributed by atoms with E-state index in [1.54, 1.807) is 0 Å². The molecule has 0 amide bonds. The van der Waals surface area contributed by atoms with Crippen molar-refractivity contribution in [3.63, 3.8) is 0 Å². The van der Waals surface area contributed by atoms with Crippen molar-refractivity contribution in [2.45, 2.75) is 12.5 Å². The molecule has 4 rings (SSSR count). The van der Waals surface area contributed by atoms with Crippen LogP contribution in [0.5, 0.6) is 5.75 Å². The maximum atomic E-state index is 10.4. The molecule has 0 aliphatic carbocycles. The number of rotatable bonds is 6. The number of hydrogen-bond donors (Lipinski definition) is 2. The van der Waals surface area contributed by atoms with E-state index >= 15 is 0 Å². The molecule has 1 saturated heterocycles. The van der Waals surface area contributed by atoms with Crippen LogP contribution in [0.15, 0.2) is 42.5 Å². The van der Waals surface area contributed by atoms with Crippen molar-refractivity contribution in [1.82, 2.24) is 4.90 Å². The molecule has 0 bridgehead atoms. The summed E-state index contributed by atoms with van der Waals surface area (Å²) in [5.41, 5.74) is 3.69. The number of fused-ring (bicyclic) bond motifs is 1. The fourth-order valence-corrected chi connectivity index (χ4v) is 3.88. The van der Waals surface area contributed by atoms with Gasteiger partial charge in [0.25, 0.3) is 0 Å². The zero-order valence-electron chi connectivity index (χ0n) is 15.4. The maximum Gasteiger partial charge on any atom is 0.119 e. The highest BCUT2D eigenvalue weighted by Gasteiger charge is 2.20. The van der Waals surface area contributed by atoms with Crippen LogP contribution in [0.25, 0.3) is 0 Å². The van der Waals surface area contributed by atoms with Crippen LogP contribution in [-0.2, 0) is 6.42 Å². The predicted octanol–water partition coefficient (Wildman–Crippen LogP) is 2.87. The van der Waals surface area contributed by atoms with Crippen molar-refractivity contribution in [1.29, 1.82) is 0 Å². The number of halogens is 1. The number of nitrogens with one attached hydrogen (secondary N) is 1. The number of nitrogens with zero attached hydrogens (tertiary/aromatic N) is 2. The van der Waals surface area contributed by atoms with Gasteiger partial charge in [0, 0.05) is 55.7 Å². The van der Waals surface area contributed by atoms with Crippen molar-refractivity contribution in [2.24, 2.45) is 0 Å². The van der Waals surface area contributed by atoms with Gasteiger partial charge in [-0.1, -0.05) is 11.6 Å². The first kappa shape index (κ1) is 18.4. The summed E-state index contributed by atoms with van der Waals surface area (Å²) < 4.78 is 5.81. The molecule has 0 unspecified atom stereocenters. The molecule has 2 N–H and O–H groups in total. The zero-order valence-corrected chi connectivity index (χ0v) is 16.2. The molecule has 0 aromatic heterocycles. The average molecular weight is 388 g/mol. The zero-order chi connectivity index (χ0) is 18.6. The van der Waals surface area contributed by atoms with Gasteiger partial charge in [-0.3, -0.25) is 4.90 Å². The van der Waals surface area contributed by atoms with Crippen molar-refractivity contribution in [3.8, 4) is 5.75 Å². The van der Waals surface area contributed by atoms with Gasteiger partial charge in [-0.15, -0.1) is 0 Å². The lowest BCUT2D eigenvalue weighted by Crippen LogP contribution is -2.49. The molecule has 2 aromatic carbocycles. The quantitative estimate of drug-likeness (QED) is 0.798. The molecule has 5 nitrogen and oxygen atoms in total. The Hall–Kier alpha value is -1.95. The van der Waals surface area contributed by atoms with Gasteiger partial charge in [0.2, 0.25) is 0 Å². The van der Waals surface area contributed by atoms with Crippen LogP contribution in [0, 0.1) is 0 Å². The lowest BCUT2D eigenvalue weighted by atomic mass is 10.1. The van der Waals surface area contributed by atoms with Gasteiger partial charge in [-0.05, 0) is 54.4 Å². The molecule has 2 aromatic rings. The highest BCUT2D eigenvalue weighted by molar-refractivity contribution is 6.30. The fourth-order valence-electron chi connectivity index (χ4n) is 3.75. The number of aliphatic hydroxyl groups is 1. The van der Waals surface area contributed by atoms with E-state index in [9.17, 15) is 5.11 Å². The smallest absolute Gasteiger partial charge is 0.119 e. The van der Waals surface area contributed by atoms with Crippen LogP contribution >= 0.6 is 11.6 Å². The van der Waals surface area contributed by atoms with E-state index < -0.39 is 6.10 Å². The molecule has 27 heavy (non-hydrogen) atoms. The van der Waals surface area contributed by atoms with E-state index in [0.717, 1.165) is 49.9 Å². The predicted molar refractivity (Wildman–Crippen MR) is 110 cm³/mol. The van der Waals surface area contributed by atoms with Crippen LogP contribution < -0.4 is 15.0 Å². The Morgan fingerprint density at radius 2 is 1.85 bits per heavy atom. The number of β-amino-alcohol motifs (C(OH)–C–C–N with tert-alkyl or cyclic N) is 1. The van der Waals surface area contributed by atoms with E-state index in [-0.39, 0.29) is 0 Å². The molecule has 2 aliphatic rings. The maximum absolute atomic E-state index is 10.4. The van der Waals surface area contributed by atoms with Crippen LogP contribution in [0.3, 0.4) is 0 Å². The first-order valence-electron chi connectivity index (χ1n) is 9.58. The molecule has 0 saturated carbocycles. The van der Waals surface area contributed by atoms with E-state index in [0.29, 0.717) is 13.2 Å². The highest BCUT2D eigenvalue weighted by Crippen LogP contribution is 2.26. The van der Waals surface area contributed by atoms with Crippen molar-refractivity contribution < 1.29 is 9.84 Å². The van der Waals surface area contributed by atoms with E-state index in [2.05, 4.69) is 39.4 Å². The van der Waals surface area contributed by atoms with Crippen LogP contribution in [0.1, 0.15) is 5.56 Å². The Balaban J connectivity index is 1.21. The number of benzene rings is 2. The molecule has 144 valence electrons. The van der Waals surface area contributed by atoms with Gasteiger partial charge in [0.1, 0.15) is 18.5 Å². The van der Waals surface area contributed by atoms with Crippen LogP contribution in [0.2, 0.25) is 5.02 Å². The van der Waals surface area contributed by atoms with E-state index in [1.807, 2.05) is 18.2 Å². The lowest BCUT2D eigenvalue weighted by Gasteiger charge is -2.36. The topological polar surface area (TPSA) is 48.0 Å². The summed E-state index contributed by atoms with van der Waals surface area (Å²) in [6.07, 6.45) is 0.547. The second kappa shape index (κ2) is 8.38. The molecule has 0 spiro atoms. The highest BCUT2D eigenvalue weighted by atomic mass is 35.5. The molecule has 2 aliphatic heterocycles. The Morgan fingerprint density at radius 1 is 1.07 bits per heavy atom. The van der Waals surface area contributed by atoms with Crippen molar-refractivity contribution in [2.75, 3.05) is 56.1 Å². The Kier molecular flexibility index (Phi) is 5.72. The summed E-state index contributed by atoms with van der Waals surface area (Å²) in [5.74, 6) is 0.837. The third-order valence-corrected chi connectivity index (χ3v) is 5.51. The lowest BCUT2D eigenvalue weighted by molar-refractivity contribution is 0.0663. The number of anilines is 2. The third-order valence-electron chi connectivity index (χ3n) is 5.26. The Labute approximate surface area is 165 Å². The van der Waals surface area contributed by atoms with Gasteiger partial charge in [-0.25, -0.2) is 0 Å². The van der Waals surface area contributed by atoms with Crippen LogP contribution in [-0.4, -0.2) is 62.0 Å². The fraction of sp³-hybridized carbons (Fsp3) is 0.429. The minimum Gasteiger partial charge on any atom is -0.491 e. The monoisotopic (exact) mass is 387 g/mol. The minimum absolute atomic E-state index is 0.323. The molecule has 2 heterocycles. The second-order valence-corrected chi connectivity index (χ2v) is 7.66. The summed E-state index contributed by atoms with van der Waals surface area (Å²) in [4.78, 5) is 4.65. The number of piperazine rings is 1. The van der Waals surface area contributed by atoms with Gasteiger partial charge < -0.3 is 20.1 Å². The first-order valence-corrected chi connectivity index (χ1v) is 9.96. The largest absolute Gasteiger partial charge is 0.491 e. The molecule has 6 heteroatoms. The standard InChI is InChI=1S/C21H26ClN3O2/c22-17-1-3-18(4-2-17)25-11-9-24(10-12-25)14-19(26)15-27-20-5-6-21-16(13-20)7-8-23-21/h1-6,13,19,23,26H,7-12,14-15H2/t19-/m0/s1. The third kappa shape index (κ3) is 4.67. The average Bonchev–Trinajstić information content (AvgIpc) is 3.15. The second-order valence-electron chi connectivity index (χ2n) is 7.22. The van der Waals surface area contributed by atoms with E-state index in [1.165, 1.54) is 16.9 Å². The molecular weight excluding hydrogens is 362 g/mol. The first-order chi connectivity index (χ1) is 13.2. The molecule has 1 fully saturated rings. The summed E-state index contributed by atoms with van der Waals surface area (Å²) in [5, 5.41) is 14.5. The van der Waals surface area contributed by atoms with Gasteiger partial charge in [0.15, 0.2) is 0 Å². The summed E-state index contributed by atoms with van der Waals surface area (Å²) in [6, 6.07) is 14.1. The molecular formula is C21H26ClN3O2. The SMILES string of the molecule is O[C@H](COc1ccc2c(c1)CCN2)CN1CCN(c2ccc(Cl)cc2)CC1. The van der Waals surface area contributed by atoms with Gasteiger partial charge in [0.05, 0.1) is 0 Å². The van der Waals surface area contributed by atoms with Gasteiger partial charge in [-0.2, -0.15) is 0 Å². The molecule has 0 radical (unpaired) electrons. The van der Waals surface area contributed by atoms with E-state index in [4.69, 9.17) is 16.3 Å². The Morgan fingerprint density at radius 3 is 2.63 bits per heavy atom. The summed E-state index contributed by atoms with van der Waals surface area (Å²) in [6.45, 7) is 5.72. The van der Waals surface area contributed by atoms with Crippen LogP contribution in [0.4, 0.5) is 11.4 Å². The number of aliphatic hydroxyl groups excluding tert-OH is 1. The number of ether oxygens (including phenoxy) is 1. The van der Waals surface area contributed by atoms with Gasteiger partial charge >= 0.3 is 0 Å². The van der Waals surface area contributed by atoms with Crippen molar-refractivity contribution >= 4 is 23.0 Å². The number of hydrogen-bond acceptors (Lipinski definition) is 5. The molecule has 1 atom stereocenters. The Bertz CT molecular complexity index is 761. The minimum atomic E-state index is -0.488. The summed E-state index contributed by atoms with van der Waals surface area (Å²) in [7, 11) is 0. The van der Waals surface area contributed by atoms with Crippen molar-refractivity contribution in [3.05, 3.63) is 53.1 Å².